The molecule has 0 atom stereocenters. The fourth-order valence-electron chi connectivity index (χ4n) is 0.209. The van der Waals surface area contributed by atoms with E-state index in [0.29, 0.717) is 0 Å². The topological polar surface area (TPSA) is 70.0 Å². The molecule has 0 aliphatic heterocycles. The molecule has 9 heteroatoms. The molecule has 0 amide bonds. The number of hydrogen-bond acceptors (Lipinski definition) is 3. The predicted octanol–water partition coefficient (Wildman–Crippen LogP) is -0.699. The Bertz CT molecular complexity index is 266. The maximum absolute atomic E-state index is 11.4. The number of sulfonamides is 1. The fraction of sp³-hybridized carbons (Fsp3) is 0.667. The van der Waals surface area contributed by atoms with Crippen LogP contribution in [-0.4, -0.2) is 39.3 Å². The number of hydrogen-bond donors (Lipinski definition) is 1. The van der Waals surface area contributed by atoms with Crippen molar-refractivity contribution < 1.29 is 21.6 Å². The van der Waals surface area contributed by atoms with Gasteiger partial charge in [0.25, 0.3) is 0 Å². The quantitative estimate of drug-likeness (QED) is 0.469. The number of halogens is 3. The number of nitriles is 1. The first-order valence-electron chi connectivity index (χ1n) is 2.24. The van der Waals surface area contributed by atoms with E-state index in [1.807, 2.05) is 0 Å². The van der Waals surface area contributed by atoms with Gasteiger partial charge >= 0.3 is 34.4 Å². The van der Waals surface area contributed by atoms with Crippen LogP contribution in [0.5, 0.6) is 0 Å². The van der Waals surface area contributed by atoms with Crippen LogP contribution in [0.1, 0.15) is 0 Å². The van der Waals surface area contributed by atoms with E-state index in [1.54, 1.807) is 0 Å². The Morgan fingerprint density at radius 3 is 2.08 bits per heavy atom. The molecular weight excluding hydrogens is 192 g/mol. The van der Waals surface area contributed by atoms with Crippen molar-refractivity contribution in [1.29, 1.82) is 5.26 Å². The van der Waals surface area contributed by atoms with Crippen LogP contribution in [0, 0.1) is 11.3 Å². The summed E-state index contributed by atoms with van der Waals surface area (Å²) >= 11 is 0. The molecule has 0 saturated heterocycles. The van der Waals surface area contributed by atoms with Crippen LogP contribution in [0.2, 0.25) is 0 Å². The molecule has 0 radical (unpaired) electrons. The molecule has 1 N–H and O–H groups in total. The van der Waals surface area contributed by atoms with Crippen molar-refractivity contribution in [1.82, 2.24) is 4.72 Å². The van der Waals surface area contributed by atoms with Gasteiger partial charge in [0.05, 0.1) is 12.6 Å². The molecule has 4 nitrogen and oxygen atoms in total. The Hall–Kier alpha value is -0.213. The molecule has 0 aromatic carbocycles. The minimum absolute atomic E-state index is 0. The predicted molar refractivity (Wildman–Crippen MR) is 35.7 cm³/mol. The average Bonchev–Trinajstić information content (AvgIpc) is 1.81. The average molecular weight is 196 g/mol. The van der Waals surface area contributed by atoms with Crippen LogP contribution in [0.4, 0.5) is 13.2 Å². The SMILES string of the molecule is N#CCNS(=O)(=O)C(F)(F)F.[LiH]. The summed E-state index contributed by atoms with van der Waals surface area (Å²) in [6.45, 7) is -0.887. The molecule has 0 aromatic rings. The van der Waals surface area contributed by atoms with E-state index in [-0.39, 0.29) is 18.9 Å². The van der Waals surface area contributed by atoms with Crippen molar-refractivity contribution in [2.45, 2.75) is 5.51 Å². The monoisotopic (exact) mass is 196 g/mol. The third-order valence-corrected chi connectivity index (χ3v) is 1.78. The van der Waals surface area contributed by atoms with Crippen LogP contribution in [0.3, 0.4) is 0 Å². The van der Waals surface area contributed by atoms with Crippen molar-refractivity contribution in [3.63, 3.8) is 0 Å². The summed E-state index contributed by atoms with van der Waals surface area (Å²) in [6, 6.07) is 1.21. The molecule has 0 spiro atoms. The zero-order valence-electron chi connectivity index (χ0n) is 5.01. The molecule has 0 bridgehead atoms. The Labute approximate surface area is 79.0 Å². The van der Waals surface area contributed by atoms with Gasteiger partial charge in [-0.25, -0.2) is 8.42 Å². The Kier molecular flexibility index (Phi) is 5.64. The van der Waals surface area contributed by atoms with Gasteiger partial charge in [0.2, 0.25) is 0 Å². The first kappa shape index (κ1) is 14.3. The van der Waals surface area contributed by atoms with Crippen LogP contribution in [0.15, 0.2) is 0 Å². The molecule has 0 heterocycles. The molecule has 0 unspecified atom stereocenters. The number of alkyl halides is 3. The Balaban J connectivity index is 0. The normalized spacial score (nSPS) is 11.5. The van der Waals surface area contributed by atoms with Gasteiger partial charge in [-0.3, -0.25) is 0 Å². The van der Waals surface area contributed by atoms with Gasteiger partial charge in [0.15, 0.2) is 0 Å². The maximum atomic E-state index is 11.4. The number of nitrogens with one attached hydrogen (secondary N) is 1. The summed E-state index contributed by atoms with van der Waals surface area (Å²) in [5.74, 6) is 0. The third-order valence-electron chi connectivity index (χ3n) is 0.646. The van der Waals surface area contributed by atoms with Gasteiger partial charge < -0.3 is 0 Å². The van der Waals surface area contributed by atoms with Crippen molar-refractivity contribution in [2.75, 3.05) is 6.54 Å². The van der Waals surface area contributed by atoms with Gasteiger partial charge in [-0.05, 0) is 0 Å². The molecule has 0 aliphatic carbocycles. The second-order valence-corrected chi connectivity index (χ2v) is 3.19. The summed E-state index contributed by atoms with van der Waals surface area (Å²) in [5, 5.41) is 7.75. The fourth-order valence-corrected chi connectivity index (χ4v) is 0.627. The zero-order chi connectivity index (χ0) is 9.12. The number of rotatable bonds is 2. The van der Waals surface area contributed by atoms with Crippen molar-refractivity contribution >= 4 is 28.9 Å². The zero-order valence-corrected chi connectivity index (χ0v) is 5.83. The Morgan fingerprint density at radius 1 is 1.42 bits per heavy atom. The van der Waals surface area contributed by atoms with E-state index >= 15 is 0 Å². The molecule has 0 saturated carbocycles. The van der Waals surface area contributed by atoms with Crippen molar-refractivity contribution in [3.8, 4) is 6.07 Å². The first-order chi connectivity index (χ1) is 4.81. The van der Waals surface area contributed by atoms with E-state index < -0.39 is 22.1 Å². The molecular formula is C3H4F3LiN2O2S. The summed E-state index contributed by atoms with van der Waals surface area (Å²) in [4.78, 5) is 0. The summed E-state index contributed by atoms with van der Waals surface area (Å²) in [5.41, 5.74) is -5.34. The van der Waals surface area contributed by atoms with Gasteiger partial charge in [-0.2, -0.15) is 23.2 Å². The molecule has 0 aromatic heterocycles. The second-order valence-electron chi connectivity index (χ2n) is 1.43. The van der Waals surface area contributed by atoms with Crippen LogP contribution in [0.25, 0.3) is 0 Å². The van der Waals surface area contributed by atoms with Gasteiger partial charge in [-0.1, -0.05) is 0 Å². The van der Waals surface area contributed by atoms with E-state index in [1.165, 1.54) is 6.07 Å². The number of nitrogens with zero attached hydrogens (tertiary/aromatic N) is 1. The van der Waals surface area contributed by atoms with Crippen LogP contribution in [-0.2, 0) is 10.0 Å². The summed E-state index contributed by atoms with van der Waals surface area (Å²) in [6.07, 6.45) is 0. The van der Waals surface area contributed by atoms with E-state index in [9.17, 15) is 21.6 Å². The van der Waals surface area contributed by atoms with Crippen LogP contribution >= 0.6 is 0 Å². The summed E-state index contributed by atoms with van der Waals surface area (Å²) in [7, 11) is -5.33. The Morgan fingerprint density at radius 2 is 1.83 bits per heavy atom. The molecule has 0 aliphatic rings. The molecule has 66 valence electrons. The van der Waals surface area contributed by atoms with E-state index in [2.05, 4.69) is 0 Å². The molecule has 12 heavy (non-hydrogen) atoms. The first-order valence-corrected chi connectivity index (χ1v) is 3.72. The minimum atomic E-state index is -5.34. The summed E-state index contributed by atoms with van der Waals surface area (Å²) < 4.78 is 55.3. The van der Waals surface area contributed by atoms with Gasteiger partial charge in [-0.15, -0.1) is 0 Å². The van der Waals surface area contributed by atoms with Crippen molar-refractivity contribution in [3.05, 3.63) is 0 Å². The molecule has 0 fully saturated rings. The van der Waals surface area contributed by atoms with Gasteiger partial charge in [0.1, 0.15) is 0 Å². The standard InChI is InChI=1S/C3H3F3N2O2S.Li.H/c4-3(5,6)11(9,10)8-2-1-7;;/h8H,2H2;;. The second kappa shape index (κ2) is 4.73. The van der Waals surface area contributed by atoms with E-state index in [0.717, 1.165) is 4.72 Å². The van der Waals surface area contributed by atoms with Crippen molar-refractivity contribution in [2.24, 2.45) is 0 Å². The molecule has 0 rings (SSSR count). The van der Waals surface area contributed by atoms with Gasteiger partial charge in [0, 0.05) is 0 Å². The van der Waals surface area contributed by atoms with E-state index in [4.69, 9.17) is 5.26 Å². The third kappa shape index (κ3) is 3.98. The van der Waals surface area contributed by atoms with Crippen LogP contribution < -0.4 is 4.72 Å².